The van der Waals surface area contributed by atoms with Gasteiger partial charge in [-0.3, -0.25) is 14.3 Å². The van der Waals surface area contributed by atoms with Crippen molar-refractivity contribution < 1.29 is 14.7 Å². The molecule has 22 heavy (non-hydrogen) atoms. The van der Waals surface area contributed by atoms with Crippen LogP contribution in [0.3, 0.4) is 0 Å². The number of amides is 1. The van der Waals surface area contributed by atoms with Crippen molar-refractivity contribution in [3.8, 4) is 0 Å². The molecule has 1 amide bonds. The van der Waals surface area contributed by atoms with Gasteiger partial charge < -0.3 is 10.4 Å². The van der Waals surface area contributed by atoms with Crippen LogP contribution in [0.4, 0.5) is 5.82 Å². The zero-order valence-corrected chi connectivity index (χ0v) is 12.6. The summed E-state index contributed by atoms with van der Waals surface area (Å²) in [5, 5.41) is 15.4. The van der Waals surface area contributed by atoms with E-state index < -0.39 is 5.97 Å². The van der Waals surface area contributed by atoms with E-state index in [2.05, 4.69) is 10.4 Å². The van der Waals surface area contributed by atoms with Crippen LogP contribution >= 0.6 is 0 Å². The maximum Gasteiger partial charge on any atom is 0.325 e. The second kappa shape index (κ2) is 6.89. The van der Waals surface area contributed by atoms with Gasteiger partial charge in [0.05, 0.1) is 0 Å². The van der Waals surface area contributed by atoms with Crippen molar-refractivity contribution in [2.24, 2.45) is 0 Å². The number of anilines is 1. The number of carboxylic acids is 1. The number of nitrogens with one attached hydrogen (secondary N) is 1. The number of hydrogen-bond acceptors (Lipinski definition) is 3. The summed E-state index contributed by atoms with van der Waals surface area (Å²) in [6.45, 7) is 3.80. The number of benzene rings is 1. The SMILES string of the molecule is Cc1ccccc1C(C)CC(=O)Nc1ccn(CC(=O)O)n1. The molecule has 0 saturated carbocycles. The zero-order chi connectivity index (χ0) is 16.1. The van der Waals surface area contributed by atoms with Crippen molar-refractivity contribution in [2.45, 2.75) is 32.7 Å². The number of aliphatic carboxylic acids is 1. The third-order valence-electron chi connectivity index (χ3n) is 3.42. The molecule has 1 heterocycles. The lowest BCUT2D eigenvalue weighted by Gasteiger charge is -2.13. The fraction of sp³-hybridized carbons (Fsp3) is 0.312. The van der Waals surface area contributed by atoms with Crippen molar-refractivity contribution in [1.82, 2.24) is 9.78 Å². The van der Waals surface area contributed by atoms with Gasteiger partial charge in [0, 0.05) is 18.7 Å². The topological polar surface area (TPSA) is 84.2 Å². The number of carbonyl (C=O) groups is 2. The molecule has 0 radical (unpaired) electrons. The first-order chi connectivity index (χ1) is 10.5. The third kappa shape index (κ3) is 4.18. The molecular formula is C16H19N3O3. The van der Waals surface area contributed by atoms with Gasteiger partial charge in [-0.25, -0.2) is 0 Å². The van der Waals surface area contributed by atoms with Crippen molar-refractivity contribution in [3.63, 3.8) is 0 Å². The number of hydrogen-bond donors (Lipinski definition) is 2. The number of aryl methyl sites for hydroxylation is 1. The molecule has 1 atom stereocenters. The molecule has 0 saturated heterocycles. The lowest BCUT2D eigenvalue weighted by molar-refractivity contribution is -0.137. The van der Waals surface area contributed by atoms with E-state index >= 15 is 0 Å². The zero-order valence-electron chi connectivity index (χ0n) is 12.6. The second-order valence-electron chi connectivity index (χ2n) is 5.30. The fourth-order valence-corrected chi connectivity index (χ4v) is 2.38. The Hall–Kier alpha value is -2.63. The Bertz CT molecular complexity index is 679. The Kier molecular flexibility index (Phi) is 4.93. The maximum absolute atomic E-state index is 12.1. The largest absolute Gasteiger partial charge is 0.480 e. The summed E-state index contributed by atoms with van der Waals surface area (Å²) >= 11 is 0. The third-order valence-corrected chi connectivity index (χ3v) is 3.42. The number of carbonyl (C=O) groups excluding carboxylic acids is 1. The van der Waals surface area contributed by atoms with Crippen LogP contribution in [0.15, 0.2) is 36.5 Å². The van der Waals surface area contributed by atoms with Crippen LogP contribution in [-0.2, 0) is 16.1 Å². The summed E-state index contributed by atoms with van der Waals surface area (Å²) < 4.78 is 1.27. The summed E-state index contributed by atoms with van der Waals surface area (Å²) in [6, 6.07) is 9.57. The monoisotopic (exact) mass is 301 g/mol. The highest BCUT2D eigenvalue weighted by Crippen LogP contribution is 2.22. The smallest absolute Gasteiger partial charge is 0.325 e. The quantitative estimate of drug-likeness (QED) is 0.858. The molecule has 0 spiro atoms. The van der Waals surface area contributed by atoms with Gasteiger partial charge in [0.15, 0.2) is 5.82 Å². The molecule has 1 aromatic carbocycles. The molecule has 0 bridgehead atoms. The van der Waals surface area contributed by atoms with Gasteiger partial charge in [-0.05, 0) is 24.0 Å². The van der Waals surface area contributed by atoms with E-state index in [1.54, 1.807) is 6.07 Å². The van der Waals surface area contributed by atoms with Gasteiger partial charge in [0.25, 0.3) is 0 Å². The van der Waals surface area contributed by atoms with Crippen LogP contribution < -0.4 is 5.32 Å². The minimum atomic E-state index is -0.978. The molecule has 0 fully saturated rings. The van der Waals surface area contributed by atoms with Gasteiger partial charge in [-0.1, -0.05) is 31.2 Å². The Balaban J connectivity index is 1.94. The molecule has 0 aliphatic heterocycles. The van der Waals surface area contributed by atoms with Gasteiger partial charge in [-0.2, -0.15) is 5.10 Å². The van der Waals surface area contributed by atoms with Gasteiger partial charge in [0.1, 0.15) is 6.54 Å². The van der Waals surface area contributed by atoms with Crippen LogP contribution in [0.5, 0.6) is 0 Å². The lowest BCUT2D eigenvalue weighted by atomic mass is 9.93. The van der Waals surface area contributed by atoms with E-state index in [4.69, 9.17) is 5.11 Å². The van der Waals surface area contributed by atoms with Crippen LogP contribution in [0.2, 0.25) is 0 Å². The van der Waals surface area contributed by atoms with Crippen molar-refractivity contribution in [1.29, 1.82) is 0 Å². The first-order valence-corrected chi connectivity index (χ1v) is 7.06. The summed E-state index contributed by atoms with van der Waals surface area (Å²) in [6.07, 6.45) is 1.87. The summed E-state index contributed by atoms with van der Waals surface area (Å²) in [4.78, 5) is 22.6. The number of carboxylic acid groups (broad SMARTS) is 1. The number of nitrogens with zero attached hydrogens (tertiary/aromatic N) is 2. The lowest BCUT2D eigenvalue weighted by Crippen LogP contribution is -2.16. The second-order valence-corrected chi connectivity index (χ2v) is 5.30. The van der Waals surface area contributed by atoms with E-state index in [0.717, 1.165) is 11.1 Å². The highest BCUT2D eigenvalue weighted by molar-refractivity contribution is 5.90. The minimum Gasteiger partial charge on any atom is -0.480 e. The molecule has 6 heteroatoms. The maximum atomic E-state index is 12.1. The molecule has 0 aliphatic carbocycles. The van der Waals surface area contributed by atoms with Crippen molar-refractivity contribution in [3.05, 3.63) is 47.7 Å². The fourth-order valence-electron chi connectivity index (χ4n) is 2.38. The molecule has 2 rings (SSSR count). The van der Waals surface area contributed by atoms with Gasteiger partial charge in [0.2, 0.25) is 5.91 Å². The first kappa shape index (κ1) is 15.8. The Morgan fingerprint density at radius 3 is 2.73 bits per heavy atom. The van der Waals surface area contributed by atoms with Crippen LogP contribution in [0, 0.1) is 6.92 Å². The summed E-state index contributed by atoms with van der Waals surface area (Å²) in [7, 11) is 0. The summed E-state index contributed by atoms with van der Waals surface area (Å²) in [5.74, 6) is -0.656. The van der Waals surface area contributed by atoms with Gasteiger partial charge in [-0.15, -0.1) is 0 Å². The molecule has 1 unspecified atom stereocenters. The highest BCUT2D eigenvalue weighted by Gasteiger charge is 2.14. The van der Waals surface area contributed by atoms with Crippen LogP contribution in [-0.4, -0.2) is 26.8 Å². The average molecular weight is 301 g/mol. The standard InChI is InChI=1S/C16H19N3O3/c1-11-5-3-4-6-13(11)12(2)9-15(20)17-14-7-8-19(18-14)10-16(21)22/h3-8,12H,9-10H2,1-2H3,(H,21,22)(H,17,18,20). The molecule has 2 aromatic rings. The summed E-state index contributed by atoms with van der Waals surface area (Å²) in [5.41, 5.74) is 2.31. The predicted octanol–water partition coefficient (Wildman–Crippen LogP) is 2.41. The Morgan fingerprint density at radius 2 is 2.05 bits per heavy atom. The number of aromatic nitrogens is 2. The molecule has 2 N–H and O–H groups in total. The first-order valence-electron chi connectivity index (χ1n) is 7.06. The van der Waals surface area contributed by atoms with E-state index in [9.17, 15) is 9.59 Å². The molecule has 0 aliphatic rings. The molecular weight excluding hydrogens is 282 g/mol. The predicted molar refractivity (Wildman–Crippen MR) is 82.7 cm³/mol. The number of rotatable bonds is 6. The average Bonchev–Trinajstić information content (AvgIpc) is 2.85. The molecule has 1 aromatic heterocycles. The Labute approximate surface area is 128 Å². The van der Waals surface area contributed by atoms with Crippen molar-refractivity contribution in [2.75, 3.05) is 5.32 Å². The minimum absolute atomic E-state index is 0.0994. The van der Waals surface area contributed by atoms with Crippen LogP contribution in [0.25, 0.3) is 0 Å². The Morgan fingerprint density at radius 1 is 1.32 bits per heavy atom. The highest BCUT2D eigenvalue weighted by atomic mass is 16.4. The van der Waals surface area contributed by atoms with Crippen LogP contribution in [0.1, 0.15) is 30.4 Å². The van der Waals surface area contributed by atoms with E-state index in [0.29, 0.717) is 12.2 Å². The molecule has 116 valence electrons. The van der Waals surface area contributed by atoms with E-state index in [1.807, 2.05) is 38.1 Å². The van der Waals surface area contributed by atoms with E-state index in [1.165, 1.54) is 10.9 Å². The normalized spacial score (nSPS) is 11.9. The molecule has 6 nitrogen and oxygen atoms in total. The van der Waals surface area contributed by atoms with Gasteiger partial charge >= 0.3 is 5.97 Å². The van der Waals surface area contributed by atoms with Crippen molar-refractivity contribution >= 4 is 17.7 Å². The van der Waals surface area contributed by atoms with E-state index in [-0.39, 0.29) is 18.4 Å².